The Hall–Kier alpha value is -3.58. The molecule has 0 unspecified atom stereocenters. The quantitative estimate of drug-likeness (QED) is 0.419. The second-order valence-corrected chi connectivity index (χ2v) is 6.64. The van der Waals surface area contributed by atoms with E-state index in [1.165, 1.54) is 18.5 Å². The summed E-state index contributed by atoms with van der Waals surface area (Å²) >= 11 is 6.10. The minimum absolute atomic E-state index is 0.380. The van der Waals surface area contributed by atoms with Crippen LogP contribution in [-0.2, 0) is 0 Å². The first-order chi connectivity index (χ1) is 13.7. The smallest absolute Gasteiger partial charge is 0.163 e. The van der Waals surface area contributed by atoms with E-state index in [1.807, 2.05) is 18.2 Å². The predicted octanol–water partition coefficient (Wildman–Crippen LogP) is 5.10. The van der Waals surface area contributed by atoms with E-state index in [-0.39, 0.29) is 5.82 Å². The highest BCUT2D eigenvalue weighted by Crippen LogP contribution is 2.35. The van der Waals surface area contributed by atoms with Crippen LogP contribution in [0.2, 0.25) is 5.02 Å². The van der Waals surface area contributed by atoms with Gasteiger partial charge in [0.2, 0.25) is 0 Å². The topological polar surface area (TPSA) is 79.4 Å². The van der Waals surface area contributed by atoms with Crippen LogP contribution in [0.4, 0.5) is 15.9 Å². The van der Waals surface area contributed by atoms with Crippen molar-refractivity contribution >= 4 is 44.8 Å². The van der Waals surface area contributed by atoms with Crippen LogP contribution in [0.5, 0.6) is 0 Å². The van der Waals surface area contributed by atoms with Crippen LogP contribution in [0.3, 0.4) is 0 Å². The third-order valence-electron chi connectivity index (χ3n) is 4.42. The minimum Gasteiger partial charge on any atom is -0.340 e. The standard InChI is InChI=1S/C20H12ClFN6/c21-11-2-1-3-13(6-11)26-20-17-9-23-5-4-14(17)15-7-12(22)8-16(18(15)27-20)19-24-10-25-28-19/h1-10H,(H,26,27)(H,24,25,28). The first kappa shape index (κ1) is 16.6. The number of benzene rings is 2. The maximum absolute atomic E-state index is 14.4. The van der Waals surface area contributed by atoms with Gasteiger partial charge in [-0.3, -0.25) is 4.98 Å². The second kappa shape index (κ2) is 6.54. The number of aromatic nitrogens is 5. The van der Waals surface area contributed by atoms with Gasteiger partial charge in [0, 0.05) is 39.4 Å². The van der Waals surface area contributed by atoms with Gasteiger partial charge in [-0.1, -0.05) is 17.7 Å². The molecular formula is C20H12ClFN6. The summed E-state index contributed by atoms with van der Waals surface area (Å²) in [5.41, 5.74) is 1.91. The predicted molar refractivity (Wildman–Crippen MR) is 107 cm³/mol. The van der Waals surface area contributed by atoms with E-state index < -0.39 is 0 Å². The average molecular weight is 391 g/mol. The number of nitrogens with one attached hydrogen (secondary N) is 2. The molecule has 0 saturated heterocycles. The Morgan fingerprint density at radius 3 is 2.79 bits per heavy atom. The summed E-state index contributed by atoms with van der Waals surface area (Å²) < 4.78 is 14.4. The molecule has 0 aliphatic heterocycles. The van der Waals surface area contributed by atoms with Crippen molar-refractivity contribution < 1.29 is 4.39 Å². The molecule has 0 radical (unpaired) electrons. The van der Waals surface area contributed by atoms with Crippen LogP contribution in [0.25, 0.3) is 33.1 Å². The van der Waals surface area contributed by atoms with Crippen LogP contribution in [0.15, 0.2) is 61.2 Å². The van der Waals surface area contributed by atoms with Gasteiger partial charge in [0.15, 0.2) is 5.82 Å². The molecule has 3 heterocycles. The molecule has 136 valence electrons. The number of nitrogens with zero attached hydrogens (tertiary/aromatic N) is 4. The maximum atomic E-state index is 14.4. The van der Waals surface area contributed by atoms with Crippen molar-refractivity contribution in [3.8, 4) is 11.4 Å². The lowest BCUT2D eigenvalue weighted by atomic mass is 10.0. The summed E-state index contributed by atoms with van der Waals surface area (Å²) in [6.07, 6.45) is 4.82. The minimum atomic E-state index is -0.380. The van der Waals surface area contributed by atoms with Crippen molar-refractivity contribution in [2.75, 3.05) is 5.32 Å². The largest absolute Gasteiger partial charge is 0.340 e. The van der Waals surface area contributed by atoms with Crippen molar-refractivity contribution in [3.05, 3.63) is 72.0 Å². The normalized spacial score (nSPS) is 11.2. The van der Waals surface area contributed by atoms with Crippen molar-refractivity contribution in [2.24, 2.45) is 0 Å². The number of rotatable bonds is 3. The number of anilines is 2. The van der Waals surface area contributed by atoms with Crippen molar-refractivity contribution in [2.45, 2.75) is 0 Å². The van der Waals surface area contributed by atoms with Crippen LogP contribution in [0, 0.1) is 5.82 Å². The van der Waals surface area contributed by atoms with Gasteiger partial charge in [0.1, 0.15) is 18.0 Å². The molecule has 0 saturated carbocycles. The van der Waals surface area contributed by atoms with Gasteiger partial charge in [0.05, 0.1) is 5.52 Å². The number of fused-ring (bicyclic) bond motifs is 3. The Kier molecular flexibility index (Phi) is 3.87. The zero-order valence-corrected chi connectivity index (χ0v) is 15.1. The van der Waals surface area contributed by atoms with Crippen LogP contribution >= 0.6 is 11.6 Å². The molecule has 2 aromatic carbocycles. The zero-order valence-electron chi connectivity index (χ0n) is 14.3. The number of halogens is 2. The molecule has 2 N–H and O–H groups in total. The fourth-order valence-corrected chi connectivity index (χ4v) is 3.42. The molecule has 3 aromatic heterocycles. The van der Waals surface area contributed by atoms with Crippen LogP contribution in [-0.4, -0.2) is 25.1 Å². The monoisotopic (exact) mass is 390 g/mol. The summed E-state index contributed by atoms with van der Waals surface area (Å²) in [6.45, 7) is 0. The summed E-state index contributed by atoms with van der Waals surface area (Å²) in [4.78, 5) is 11.9. The van der Waals surface area contributed by atoms with E-state index in [0.29, 0.717) is 33.1 Å². The second-order valence-electron chi connectivity index (χ2n) is 6.20. The van der Waals surface area contributed by atoms with Crippen molar-refractivity contribution in [1.29, 1.82) is 0 Å². The molecule has 6 nitrogen and oxygen atoms in total. The van der Waals surface area contributed by atoms with Crippen molar-refractivity contribution in [3.63, 3.8) is 0 Å². The van der Waals surface area contributed by atoms with E-state index >= 15 is 0 Å². The third kappa shape index (κ3) is 2.82. The third-order valence-corrected chi connectivity index (χ3v) is 4.66. The number of aromatic amines is 1. The number of hydrogen-bond acceptors (Lipinski definition) is 5. The van der Waals surface area contributed by atoms with E-state index in [2.05, 4.69) is 25.5 Å². The molecule has 0 bridgehead atoms. The molecular weight excluding hydrogens is 379 g/mol. The molecule has 5 aromatic rings. The Bertz CT molecular complexity index is 1320. The average Bonchev–Trinajstić information content (AvgIpc) is 3.23. The van der Waals surface area contributed by atoms with Gasteiger partial charge in [-0.25, -0.2) is 9.37 Å². The summed E-state index contributed by atoms with van der Waals surface area (Å²) in [7, 11) is 0. The molecule has 0 fully saturated rings. The van der Waals surface area contributed by atoms with E-state index in [4.69, 9.17) is 16.6 Å². The molecule has 0 spiro atoms. The van der Waals surface area contributed by atoms with Gasteiger partial charge in [0.25, 0.3) is 0 Å². The number of pyridine rings is 2. The summed E-state index contributed by atoms with van der Waals surface area (Å²) in [5.74, 6) is 0.652. The fraction of sp³-hybridized carbons (Fsp3) is 0. The highest BCUT2D eigenvalue weighted by atomic mass is 35.5. The number of H-pyrrole nitrogens is 1. The van der Waals surface area contributed by atoms with Gasteiger partial charge < -0.3 is 10.3 Å². The van der Waals surface area contributed by atoms with E-state index in [1.54, 1.807) is 24.5 Å². The van der Waals surface area contributed by atoms with Gasteiger partial charge in [-0.2, -0.15) is 0 Å². The lowest BCUT2D eigenvalue weighted by Gasteiger charge is -2.13. The number of hydrogen-bond donors (Lipinski definition) is 2. The van der Waals surface area contributed by atoms with Crippen LogP contribution in [0.1, 0.15) is 0 Å². The Labute approximate surface area is 163 Å². The van der Waals surface area contributed by atoms with E-state index in [0.717, 1.165) is 16.5 Å². The first-order valence-electron chi connectivity index (χ1n) is 8.45. The lowest BCUT2D eigenvalue weighted by molar-refractivity contribution is 0.630. The first-order valence-corrected chi connectivity index (χ1v) is 8.83. The van der Waals surface area contributed by atoms with Gasteiger partial charge >= 0.3 is 0 Å². The van der Waals surface area contributed by atoms with Gasteiger partial charge in [-0.15, -0.1) is 10.2 Å². The Morgan fingerprint density at radius 2 is 1.96 bits per heavy atom. The summed E-state index contributed by atoms with van der Waals surface area (Å²) in [5, 5.41) is 14.0. The fourth-order valence-electron chi connectivity index (χ4n) is 3.23. The SMILES string of the molecule is Fc1cc(-c2nnc[nH]2)c2nc(Nc3cccc(Cl)c3)c3cnccc3c2c1. The van der Waals surface area contributed by atoms with Crippen molar-refractivity contribution in [1.82, 2.24) is 25.1 Å². The Balaban J connectivity index is 1.82. The molecule has 0 amide bonds. The molecule has 8 heteroatoms. The zero-order chi connectivity index (χ0) is 19.1. The molecule has 28 heavy (non-hydrogen) atoms. The highest BCUT2D eigenvalue weighted by molar-refractivity contribution is 6.30. The molecule has 0 aliphatic carbocycles. The lowest BCUT2D eigenvalue weighted by Crippen LogP contribution is -1.98. The van der Waals surface area contributed by atoms with Crippen LogP contribution < -0.4 is 5.32 Å². The van der Waals surface area contributed by atoms with E-state index in [9.17, 15) is 4.39 Å². The Morgan fingerprint density at radius 1 is 1.04 bits per heavy atom. The summed E-state index contributed by atoms with van der Waals surface area (Å²) in [6, 6.07) is 12.0. The molecule has 0 aliphatic rings. The maximum Gasteiger partial charge on any atom is 0.163 e. The van der Waals surface area contributed by atoms with Gasteiger partial charge in [-0.05, 0) is 41.8 Å². The molecule has 5 rings (SSSR count). The molecule has 0 atom stereocenters. The highest BCUT2D eigenvalue weighted by Gasteiger charge is 2.16.